The fourth-order valence-corrected chi connectivity index (χ4v) is 1.88. The van der Waals surface area contributed by atoms with Gasteiger partial charge in [0, 0.05) is 5.69 Å². The Bertz CT molecular complexity index is 710. The molecule has 0 radical (unpaired) electrons. The number of aryl methyl sites for hydroxylation is 2. The highest BCUT2D eigenvalue weighted by atomic mass is 16.5. The number of rotatable bonds is 5. The largest absolute Gasteiger partial charge is 0.484 e. The third-order valence-electron chi connectivity index (χ3n) is 3.24. The van der Waals surface area contributed by atoms with E-state index in [2.05, 4.69) is 5.32 Å². The normalized spacial score (nSPS) is 10.1. The molecule has 0 spiro atoms. The van der Waals surface area contributed by atoms with Gasteiger partial charge in [-0.05, 0) is 55.3 Å². The Labute approximate surface area is 128 Å². The van der Waals surface area contributed by atoms with Crippen LogP contribution in [0.4, 0.5) is 5.69 Å². The number of ether oxygens (including phenoxy) is 1. The van der Waals surface area contributed by atoms with E-state index in [1.54, 1.807) is 18.2 Å². The summed E-state index contributed by atoms with van der Waals surface area (Å²) in [7, 11) is 0. The molecule has 0 aliphatic carbocycles. The second-order valence-electron chi connectivity index (χ2n) is 4.97. The molecule has 0 atom stereocenters. The molecule has 0 fully saturated rings. The molecular formula is C17H17NO4. The average molecular weight is 299 g/mol. The summed E-state index contributed by atoms with van der Waals surface area (Å²) in [6, 6.07) is 11.7. The van der Waals surface area contributed by atoms with Gasteiger partial charge in [0.2, 0.25) is 0 Å². The van der Waals surface area contributed by atoms with Crippen LogP contribution < -0.4 is 10.1 Å². The molecule has 5 heteroatoms. The zero-order chi connectivity index (χ0) is 16.1. The Morgan fingerprint density at radius 3 is 2.55 bits per heavy atom. The molecule has 2 N–H and O–H groups in total. The lowest BCUT2D eigenvalue weighted by Crippen LogP contribution is -2.20. The first-order valence-corrected chi connectivity index (χ1v) is 6.79. The van der Waals surface area contributed by atoms with E-state index >= 15 is 0 Å². The molecule has 0 aliphatic heterocycles. The van der Waals surface area contributed by atoms with E-state index < -0.39 is 5.97 Å². The molecule has 5 nitrogen and oxygen atoms in total. The highest BCUT2D eigenvalue weighted by Crippen LogP contribution is 2.16. The second-order valence-corrected chi connectivity index (χ2v) is 4.97. The van der Waals surface area contributed by atoms with Gasteiger partial charge in [-0.25, -0.2) is 4.79 Å². The maximum atomic E-state index is 11.8. The van der Waals surface area contributed by atoms with E-state index in [-0.39, 0.29) is 18.1 Å². The summed E-state index contributed by atoms with van der Waals surface area (Å²) in [4.78, 5) is 22.7. The lowest BCUT2D eigenvalue weighted by Gasteiger charge is -2.09. The Balaban J connectivity index is 1.94. The number of carbonyl (C=O) groups is 2. The number of benzene rings is 2. The highest BCUT2D eigenvalue weighted by Gasteiger charge is 2.07. The quantitative estimate of drug-likeness (QED) is 0.890. The number of carboxylic acid groups (broad SMARTS) is 1. The van der Waals surface area contributed by atoms with Crippen molar-refractivity contribution < 1.29 is 19.4 Å². The molecule has 22 heavy (non-hydrogen) atoms. The number of amides is 1. The third-order valence-corrected chi connectivity index (χ3v) is 3.24. The van der Waals surface area contributed by atoms with Crippen LogP contribution in [0.25, 0.3) is 0 Å². The van der Waals surface area contributed by atoms with Crippen LogP contribution >= 0.6 is 0 Å². The standard InChI is InChI=1S/C17H17NO4/c1-11-6-7-15(8-12(11)2)22-10-16(19)18-14-5-3-4-13(9-14)17(20)21/h3-9H,10H2,1-2H3,(H,18,19)(H,20,21). The first-order valence-electron chi connectivity index (χ1n) is 6.79. The van der Waals surface area contributed by atoms with E-state index in [4.69, 9.17) is 9.84 Å². The van der Waals surface area contributed by atoms with Crippen LogP contribution in [0.1, 0.15) is 21.5 Å². The summed E-state index contributed by atoms with van der Waals surface area (Å²) in [6.45, 7) is 3.83. The summed E-state index contributed by atoms with van der Waals surface area (Å²) < 4.78 is 5.43. The van der Waals surface area contributed by atoms with Crippen molar-refractivity contribution in [2.75, 3.05) is 11.9 Å². The average Bonchev–Trinajstić information content (AvgIpc) is 2.49. The van der Waals surface area contributed by atoms with Crippen LogP contribution in [0.2, 0.25) is 0 Å². The van der Waals surface area contributed by atoms with Crippen LogP contribution in [0.3, 0.4) is 0 Å². The molecule has 0 saturated heterocycles. The number of carboxylic acids is 1. The minimum absolute atomic E-state index is 0.118. The van der Waals surface area contributed by atoms with Gasteiger partial charge in [-0.3, -0.25) is 4.79 Å². The van der Waals surface area contributed by atoms with Gasteiger partial charge in [0.15, 0.2) is 6.61 Å². The van der Waals surface area contributed by atoms with Crippen LogP contribution in [0, 0.1) is 13.8 Å². The third kappa shape index (κ3) is 4.09. The van der Waals surface area contributed by atoms with E-state index in [0.29, 0.717) is 11.4 Å². The SMILES string of the molecule is Cc1ccc(OCC(=O)Nc2cccc(C(=O)O)c2)cc1C. The number of nitrogens with one attached hydrogen (secondary N) is 1. The Kier molecular flexibility index (Phi) is 4.78. The fraction of sp³-hybridized carbons (Fsp3) is 0.176. The van der Waals surface area contributed by atoms with Crippen molar-refractivity contribution in [1.82, 2.24) is 0 Å². The molecule has 0 aromatic heterocycles. The van der Waals surface area contributed by atoms with Crippen LogP contribution in [-0.2, 0) is 4.79 Å². The van der Waals surface area contributed by atoms with Crippen LogP contribution in [-0.4, -0.2) is 23.6 Å². The van der Waals surface area contributed by atoms with Crippen LogP contribution in [0.5, 0.6) is 5.75 Å². The van der Waals surface area contributed by atoms with Crippen LogP contribution in [0.15, 0.2) is 42.5 Å². The van der Waals surface area contributed by atoms with Crippen molar-refractivity contribution in [1.29, 1.82) is 0 Å². The smallest absolute Gasteiger partial charge is 0.335 e. The topological polar surface area (TPSA) is 75.6 Å². The predicted octanol–water partition coefficient (Wildman–Crippen LogP) is 3.02. The van der Waals surface area contributed by atoms with Crippen molar-refractivity contribution in [2.45, 2.75) is 13.8 Å². The fourth-order valence-electron chi connectivity index (χ4n) is 1.88. The number of aromatic carboxylic acids is 1. The van der Waals surface area contributed by atoms with Gasteiger partial charge >= 0.3 is 5.97 Å². The summed E-state index contributed by atoms with van der Waals surface area (Å²) in [5.41, 5.74) is 2.79. The molecule has 0 heterocycles. The second kappa shape index (κ2) is 6.76. The molecule has 0 saturated carbocycles. The lowest BCUT2D eigenvalue weighted by molar-refractivity contribution is -0.118. The van der Waals surface area contributed by atoms with Crippen molar-refractivity contribution in [2.24, 2.45) is 0 Å². The lowest BCUT2D eigenvalue weighted by atomic mass is 10.1. The molecular weight excluding hydrogens is 282 g/mol. The zero-order valence-corrected chi connectivity index (χ0v) is 12.4. The number of hydrogen-bond donors (Lipinski definition) is 2. The zero-order valence-electron chi connectivity index (χ0n) is 12.4. The number of anilines is 1. The van der Waals surface area contributed by atoms with Gasteiger partial charge < -0.3 is 15.2 Å². The van der Waals surface area contributed by atoms with E-state index in [1.165, 1.54) is 12.1 Å². The minimum atomic E-state index is -1.04. The van der Waals surface area contributed by atoms with Gasteiger partial charge in [-0.15, -0.1) is 0 Å². The van der Waals surface area contributed by atoms with Gasteiger partial charge in [0.1, 0.15) is 5.75 Å². The molecule has 114 valence electrons. The first-order chi connectivity index (χ1) is 10.5. The van der Waals surface area contributed by atoms with E-state index in [1.807, 2.05) is 26.0 Å². The molecule has 0 aliphatic rings. The Morgan fingerprint density at radius 2 is 1.86 bits per heavy atom. The number of hydrogen-bond acceptors (Lipinski definition) is 3. The maximum Gasteiger partial charge on any atom is 0.335 e. The van der Waals surface area contributed by atoms with Gasteiger partial charge in [0.25, 0.3) is 5.91 Å². The number of carbonyl (C=O) groups excluding carboxylic acids is 1. The van der Waals surface area contributed by atoms with Gasteiger partial charge in [0.05, 0.1) is 5.56 Å². The highest BCUT2D eigenvalue weighted by molar-refractivity contribution is 5.94. The predicted molar refractivity (Wildman–Crippen MR) is 83.4 cm³/mol. The van der Waals surface area contributed by atoms with E-state index in [0.717, 1.165) is 11.1 Å². The molecule has 2 aromatic carbocycles. The molecule has 0 bridgehead atoms. The summed E-state index contributed by atoms with van der Waals surface area (Å²) >= 11 is 0. The van der Waals surface area contributed by atoms with Crippen molar-refractivity contribution in [3.8, 4) is 5.75 Å². The first kappa shape index (κ1) is 15.6. The molecule has 0 unspecified atom stereocenters. The van der Waals surface area contributed by atoms with Crippen molar-refractivity contribution in [3.05, 3.63) is 59.2 Å². The van der Waals surface area contributed by atoms with Gasteiger partial charge in [-0.1, -0.05) is 12.1 Å². The summed E-state index contributed by atoms with van der Waals surface area (Å²) in [5, 5.41) is 11.5. The Hall–Kier alpha value is -2.82. The van der Waals surface area contributed by atoms with Crippen molar-refractivity contribution in [3.63, 3.8) is 0 Å². The summed E-state index contributed by atoms with van der Waals surface area (Å²) in [6.07, 6.45) is 0. The summed E-state index contributed by atoms with van der Waals surface area (Å²) in [5.74, 6) is -0.763. The molecule has 1 amide bonds. The van der Waals surface area contributed by atoms with Crippen molar-refractivity contribution >= 4 is 17.6 Å². The molecule has 2 rings (SSSR count). The molecule has 2 aromatic rings. The minimum Gasteiger partial charge on any atom is -0.484 e. The Morgan fingerprint density at radius 1 is 1.09 bits per heavy atom. The van der Waals surface area contributed by atoms with E-state index in [9.17, 15) is 9.59 Å². The monoisotopic (exact) mass is 299 g/mol. The maximum absolute atomic E-state index is 11.8. The van der Waals surface area contributed by atoms with Gasteiger partial charge in [-0.2, -0.15) is 0 Å².